The number of carboxylic acid groups (broad SMARTS) is 1. The molecule has 1 aliphatic rings. The first-order valence-corrected chi connectivity index (χ1v) is 6.24. The third kappa shape index (κ3) is 3.11. The number of nitrogens with zero attached hydrogens (tertiary/aromatic N) is 2. The van der Waals surface area contributed by atoms with Crippen LogP contribution in [-0.2, 0) is 11.3 Å². The van der Waals surface area contributed by atoms with Gasteiger partial charge in [-0.2, -0.15) is 0 Å². The van der Waals surface area contributed by atoms with Crippen molar-refractivity contribution in [2.75, 3.05) is 26.7 Å². The van der Waals surface area contributed by atoms with E-state index in [0.717, 1.165) is 12.3 Å². The van der Waals surface area contributed by atoms with E-state index in [0.29, 0.717) is 25.7 Å². The Kier molecular flexibility index (Phi) is 4.04. The van der Waals surface area contributed by atoms with Gasteiger partial charge in [0.1, 0.15) is 5.76 Å². The molecule has 5 nitrogen and oxygen atoms in total. The predicted molar refractivity (Wildman–Crippen MR) is 67.2 cm³/mol. The largest absolute Gasteiger partial charge is 0.481 e. The second-order valence-corrected chi connectivity index (χ2v) is 5.11. The summed E-state index contributed by atoms with van der Waals surface area (Å²) in [4.78, 5) is 15.5. The number of carbonyl (C=O) groups is 1. The summed E-state index contributed by atoms with van der Waals surface area (Å²) in [6, 6.07) is 4.11. The highest BCUT2D eigenvalue weighted by atomic mass is 16.4. The molecule has 0 aromatic carbocycles. The van der Waals surface area contributed by atoms with Crippen LogP contribution in [0.3, 0.4) is 0 Å². The van der Waals surface area contributed by atoms with Gasteiger partial charge in [0.05, 0.1) is 18.7 Å². The first kappa shape index (κ1) is 13.1. The van der Waals surface area contributed by atoms with Gasteiger partial charge in [-0.3, -0.25) is 9.69 Å². The second kappa shape index (κ2) is 5.54. The van der Waals surface area contributed by atoms with Crippen molar-refractivity contribution in [1.82, 2.24) is 9.80 Å². The van der Waals surface area contributed by atoms with Gasteiger partial charge < -0.3 is 14.4 Å². The van der Waals surface area contributed by atoms with Crippen LogP contribution in [0.2, 0.25) is 0 Å². The molecule has 2 heterocycles. The Labute approximate surface area is 107 Å². The van der Waals surface area contributed by atoms with E-state index in [1.54, 1.807) is 6.26 Å². The SMILES string of the molecule is CC1CN(C)CC(C(=O)O)CN1Cc1ccco1. The molecule has 2 rings (SSSR count). The molecule has 18 heavy (non-hydrogen) atoms. The Balaban J connectivity index is 2.08. The molecule has 0 amide bonds. The van der Waals surface area contributed by atoms with Crippen LogP contribution in [0.25, 0.3) is 0 Å². The highest BCUT2D eigenvalue weighted by Gasteiger charge is 2.30. The standard InChI is InChI=1S/C13H20N2O3/c1-10-6-14(2)7-11(13(16)17)8-15(10)9-12-4-3-5-18-12/h3-5,10-11H,6-9H2,1-2H3,(H,16,17). The van der Waals surface area contributed by atoms with Crippen LogP contribution < -0.4 is 0 Å². The van der Waals surface area contributed by atoms with E-state index in [2.05, 4.69) is 16.7 Å². The molecule has 0 saturated carbocycles. The van der Waals surface area contributed by atoms with Crippen LogP contribution in [-0.4, -0.2) is 53.6 Å². The molecule has 0 bridgehead atoms. The third-order valence-corrected chi connectivity index (χ3v) is 3.47. The summed E-state index contributed by atoms with van der Waals surface area (Å²) in [5, 5.41) is 9.23. The normalized spacial score (nSPS) is 27.0. The van der Waals surface area contributed by atoms with Gasteiger partial charge >= 0.3 is 5.97 Å². The first-order chi connectivity index (χ1) is 8.56. The van der Waals surface area contributed by atoms with E-state index in [9.17, 15) is 9.90 Å². The Morgan fingerprint density at radius 1 is 1.50 bits per heavy atom. The molecular formula is C13H20N2O3. The van der Waals surface area contributed by atoms with E-state index in [1.807, 2.05) is 19.2 Å². The van der Waals surface area contributed by atoms with Gasteiger partial charge in [-0.25, -0.2) is 0 Å². The average Bonchev–Trinajstić information content (AvgIpc) is 2.74. The van der Waals surface area contributed by atoms with Crippen molar-refractivity contribution in [3.05, 3.63) is 24.2 Å². The minimum atomic E-state index is -0.722. The first-order valence-electron chi connectivity index (χ1n) is 6.24. The fourth-order valence-corrected chi connectivity index (χ4v) is 2.52. The van der Waals surface area contributed by atoms with Gasteiger partial charge in [0, 0.05) is 25.7 Å². The van der Waals surface area contributed by atoms with E-state index in [-0.39, 0.29) is 5.92 Å². The van der Waals surface area contributed by atoms with Crippen molar-refractivity contribution < 1.29 is 14.3 Å². The summed E-state index contributed by atoms with van der Waals surface area (Å²) in [6.07, 6.45) is 1.65. The Morgan fingerprint density at radius 3 is 2.89 bits per heavy atom. The minimum absolute atomic E-state index is 0.324. The Morgan fingerprint density at radius 2 is 2.28 bits per heavy atom. The van der Waals surface area contributed by atoms with Crippen LogP contribution >= 0.6 is 0 Å². The van der Waals surface area contributed by atoms with E-state index >= 15 is 0 Å². The zero-order valence-corrected chi connectivity index (χ0v) is 10.9. The lowest BCUT2D eigenvalue weighted by molar-refractivity contribution is -0.142. The monoisotopic (exact) mass is 252 g/mol. The summed E-state index contributed by atoms with van der Waals surface area (Å²) in [6.45, 7) is 4.86. The molecule has 0 radical (unpaired) electrons. The Bertz CT molecular complexity index is 391. The Hall–Kier alpha value is -1.33. The summed E-state index contributed by atoms with van der Waals surface area (Å²) in [5.74, 6) is -0.175. The van der Waals surface area contributed by atoms with Crippen LogP contribution in [0.4, 0.5) is 0 Å². The molecular weight excluding hydrogens is 232 g/mol. The third-order valence-electron chi connectivity index (χ3n) is 3.47. The maximum atomic E-state index is 11.2. The molecule has 1 fully saturated rings. The minimum Gasteiger partial charge on any atom is -0.481 e. The molecule has 1 saturated heterocycles. The molecule has 100 valence electrons. The topological polar surface area (TPSA) is 56.9 Å². The summed E-state index contributed by atoms with van der Waals surface area (Å²) >= 11 is 0. The summed E-state index contributed by atoms with van der Waals surface area (Å²) < 4.78 is 5.35. The maximum Gasteiger partial charge on any atom is 0.309 e. The van der Waals surface area contributed by atoms with Crippen LogP contribution in [0.1, 0.15) is 12.7 Å². The van der Waals surface area contributed by atoms with Crippen LogP contribution in [0.5, 0.6) is 0 Å². The molecule has 5 heteroatoms. The highest BCUT2D eigenvalue weighted by molar-refractivity contribution is 5.70. The van der Waals surface area contributed by atoms with Crippen molar-refractivity contribution >= 4 is 5.97 Å². The zero-order valence-electron chi connectivity index (χ0n) is 10.9. The second-order valence-electron chi connectivity index (χ2n) is 5.11. The number of aliphatic carboxylic acids is 1. The molecule has 1 aliphatic heterocycles. The van der Waals surface area contributed by atoms with Crippen molar-refractivity contribution in [3.63, 3.8) is 0 Å². The van der Waals surface area contributed by atoms with Gasteiger partial charge in [-0.05, 0) is 26.1 Å². The summed E-state index contributed by atoms with van der Waals surface area (Å²) in [5.41, 5.74) is 0. The lowest BCUT2D eigenvalue weighted by Gasteiger charge is -2.27. The highest BCUT2D eigenvalue weighted by Crippen LogP contribution is 2.17. The van der Waals surface area contributed by atoms with Gasteiger partial charge in [-0.1, -0.05) is 0 Å². The van der Waals surface area contributed by atoms with Crippen molar-refractivity contribution in [3.8, 4) is 0 Å². The number of carboxylic acids is 1. The number of rotatable bonds is 3. The van der Waals surface area contributed by atoms with Crippen LogP contribution in [0.15, 0.2) is 22.8 Å². The zero-order chi connectivity index (χ0) is 13.1. The summed E-state index contributed by atoms with van der Waals surface area (Å²) in [7, 11) is 1.98. The van der Waals surface area contributed by atoms with Crippen molar-refractivity contribution in [1.29, 1.82) is 0 Å². The molecule has 2 unspecified atom stereocenters. The fourth-order valence-electron chi connectivity index (χ4n) is 2.52. The van der Waals surface area contributed by atoms with Crippen LogP contribution in [0, 0.1) is 5.92 Å². The maximum absolute atomic E-state index is 11.2. The number of furan rings is 1. The molecule has 1 aromatic heterocycles. The quantitative estimate of drug-likeness (QED) is 0.873. The number of likely N-dealkylation sites (N-methyl/N-ethyl adjacent to an activating group) is 1. The van der Waals surface area contributed by atoms with Gasteiger partial charge in [-0.15, -0.1) is 0 Å². The van der Waals surface area contributed by atoms with E-state index < -0.39 is 5.97 Å². The molecule has 1 aromatic rings. The lowest BCUT2D eigenvalue weighted by Crippen LogP contribution is -2.38. The van der Waals surface area contributed by atoms with Gasteiger partial charge in [0.25, 0.3) is 0 Å². The predicted octanol–water partition coefficient (Wildman–Crippen LogP) is 1.12. The molecule has 0 aliphatic carbocycles. The lowest BCUT2D eigenvalue weighted by atomic mass is 10.1. The molecule has 2 atom stereocenters. The molecule has 0 spiro atoms. The van der Waals surface area contributed by atoms with Gasteiger partial charge in [0.2, 0.25) is 0 Å². The van der Waals surface area contributed by atoms with Gasteiger partial charge in [0.15, 0.2) is 0 Å². The fraction of sp³-hybridized carbons (Fsp3) is 0.615. The van der Waals surface area contributed by atoms with E-state index in [4.69, 9.17) is 4.42 Å². The van der Waals surface area contributed by atoms with Crippen molar-refractivity contribution in [2.24, 2.45) is 5.92 Å². The smallest absolute Gasteiger partial charge is 0.309 e. The number of hydrogen-bond donors (Lipinski definition) is 1. The average molecular weight is 252 g/mol. The van der Waals surface area contributed by atoms with E-state index in [1.165, 1.54) is 0 Å². The number of hydrogen-bond acceptors (Lipinski definition) is 4. The van der Waals surface area contributed by atoms with Crippen molar-refractivity contribution in [2.45, 2.75) is 19.5 Å². The molecule has 1 N–H and O–H groups in total.